The molecule has 2 heterocycles. The summed E-state index contributed by atoms with van der Waals surface area (Å²) in [5.41, 5.74) is 0. The topological polar surface area (TPSA) is 32.3 Å². The largest absolute Gasteiger partial charge is 0.350 e. The molecule has 1 saturated heterocycles. The van der Waals surface area contributed by atoms with Gasteiger partial charge in [-0.25, -0.2) is 9.97 Å². The Labute approximate surface area is 82.4 Å². The summed E-state index contributed by atoms with van der Waals surface area (Å²) in [6.07, 6.45) is 2.89. The third-order valence-corrected chi connectivity index (χ3v) is 2.44. The van der Waals surface area contributed by atoms with Gasteiger partial charge in [0.05, 0.1) is 0 Å². The van der Waals surface area contributed by atoms with Crippen molar-refractivity contribution < 1.29 is 4.39 Å². The normalized spacial score (nSPS) is 18.6. The molecule has 1 fully saturated rings. The number of aromatic nitrogens is 2. The second kappa shape index (κ2) is 3.88. The van der Waals surface area contributed by atoms with Gasteiger partial charge in [-0.05, 0) is 7.05 Å². The molecule has 0 N–H and O–H groups in total. The maximum Gasteiger partial charge on any atom is 0.255 e. The van der Waals surface area contributed by atoms with Gasteiger partial charge >= 0.3 is 0 Å². The lowest BCUT2D eigenvalue weighted by molar-refractivity contribution is 0.310. The van der Waals surface area contributed by atoms with Crippen LogP contribution in [0.5, 0.6) is 0 Å². The summed E-state index contributed by atoms with van der Waals surface area (Å²) in [6, 6.07) is 0. The molecule has 5 heteroatoms. The molecular weight excluding hydrogens is 183 g/mol. The molecule has 1 aliphatic heterocycles. The third kappa shape index (κ3) is 1.82. The van der Waals surface area contributed by atoms with Crippen LogP contribution in [0.3, 0.4) is 0 Å². The van der Waals surface area contributed by atoms with Crippen LogP contribution < -0.4 is 4.90 Å². The molecule has 0 spiro atoms. The smallest absolute Gasteiger partial charge is 0.255 e. The Kier molecular flexibility index (Phi) is 2.58. The highest BCUT2D eigenvalue weighted by Gasteiger charge is 2.18. The zero-order valence-electron chi connectivity index (χ0n) is 8.15. The SMILES string of the molecule is CN1CCN(c2nccnc2F)CC1. The van der Waals surface area contributed by atoms with E-state index in [1.165, 1.54) is 12.4 Å². The van der Waals surface area contributed by atoms with Crippen molar-refractivity contribution in [1.29, 1.82) is 0 Å². The first-order valence-corrected chi connectivity index (χ1v) is 4.67. The minimum absolute atomic E-state index is 0.376. The highest BCUT2D eigenvalue weighted by atomic mass is 19.1. The summed E-state index contributed by atoms with van der Waals surface area (Å²) in [7, 11) is 2.06. The number of rotatable bonds is 1. The average molecular weight is 196 g/mol. The first kappa shape index (κ1) is 9.33. The van der Waals surface area contributed by atoms with Crippen molar-refractivity contribution in [1.82, 2.24) is 14.9 Å². The van der Waals surface area contributed by atoms with E-state index in [0.29, 0.717) is 5.82 Å². The second-order valence-corrected chi connectivity index (χ2v) is 3.46. The first-order chi connectivity index (χ1) is 6.77. The van der Waals surface area contributed by atoms with E-state index in [1.54, 1.807) is 0 Å². The van der Waals surface area contributed by atoms with E-state index in [0.717, 1.165) is 26.2 Å². The lowest BCUT2D eigenvalue weighted by atomic mass is 10.3. The molecule has 76 valence electrons. The number of anilines is 1. The lowest BCUT2D eigenvalue weighted by Crippen LogP contribution is -2.45. The average Bonchev–Trinajstić information content (AvgIpc) is 2.20. The van der Waals surface area contributed by atoms with Crippen LogP contribution in [0.4, 0.5) is 10.2 Å². The van der Waals surface area contributed by atoms with E-state index in [2.05, 4.69) is 21.9 Å². The van der Waals surface area contributed by atoms with Gasteiger partial charge in [-0.1, -0.05) is 0 Å². The highest BCUT2D eigenvalue weighted by molar-refractivity contribution is 5.37. The Morgan fingerprint density at radius 2 is 1.79 bits per heavy atom. The van der Waals surface area contributed by atoms with Crippen molar-refractivity contribution in [2.24, 2.45) is 0 Å². The molecule has 0 atom stereocenters. The number of likely N-dealkylation sites (N-methyl/N-ethyl adjacent to an activating group) is 1. The van der Waals surface area contributed by atoms with Crippen molar-refractivity contribution >= 4 is 5.82 Å². The molecule has 0 unspecified atom stereocenters. The molecule has 1 aromatic rings. The van der Waals surface area contributed by atoms with Crippen LogP contribution in [0.2, 0.25) is 0 Å². The summed E-state index contributed by atoms with van der Waals surface area (Å²) >= 11 is 0. The standard InChI is InChI=1S/C9H13FN4/c1-13-4-6-14(7-5-13)9-8(10)11-2-3-12-9/h2-3H,4-7H2,1H3. The van der Waals surface area contributed by atoms with Crippen LogP contribution in [0, 0.1) is 5.95 Å². The molecule has 2 rings (SSSR count). The highest BCUT2D eigenvalue weighted by Crippen LogP contribution is 2.14. The van der Waals surface area contributed by atoms with Gasteiger partial charge in [0, 0.05) is 38.6 Å². The van der Waals surface area contributed by atoms with Gasteiger partial charge in [-0.2, -0.15) is 4.39 Å². The molecule has 0 radical (unpaired) electrons. The predicted octanol–water partition coefficient (Wildman–Crippen LogP) is 0.367. The van der Waals surface area contributed by atoms with Crippen LogP contribution in [-0.4, -0.2) is 48.1 Å². The molecule has 0 aromatic carbocycles. The fourth-order valence-electron chi connectivity index (χ4n) is 1.54. The van der Waals surface area contributed by atoms with Crippen LogP contribution in [0.25, 0.3) is 0 Å². The van der Waals surface area contributed by atoms with Gasteiger partial charge in [0.15, 0.2) is 5.82 Å². The Morgan fingerprint density at radius 3 is 2.43 bits per heavy atom. The van der Waals surface area contributed by atoms with Gasteiger partial charge < -0.3 is 9.80 Å². The van der Waals surface area contributed by atoms with E-state index in [-0.39, 0.29) is 0 Å². The van der Waals surface area contributed by atoms with Crippen molar-refractivity contribution in [2.75, 3.05) is 38.1 Å². The fraction of sp³-hybridized carbons (Fsp3) is 0.556. The summed E-state index contributed by atoms with van der Waals surface area (Å²) < 4.78 is 13.2. The van der Waals surface area contributed by atoms with Gasteiger partial charge in [0.1, 0.15) is 0 Å². The van der Waals surface area contributed by atoms with Crippen molar-refractivity contribution in [2.45, 2.75) is 0 Å². The minimum Gasteiger partial charge on any atom is -0.350 e. The van der Waals surface area contributed by atoms with Crippen molar-refractivity contribution in [3.05, 3.63) is 18.3 Å². The summed E-state index contributed by atoms with van der Waals surface area (Å²) in [4.78, 5) is 11.7. The molecule has 1 aliphatic rings. The van der Waals surface area contributed by atoms with Crippen molar-refractivity contribution in [3.63, 3.8) is 0 Å². The van der Waals surface area contributed by atoms with Gasteiger partial charge in [-0.3, -0.25) is 0 Å². The van der Waals surface area contributed by atoms with Crippen LogP contribution in [0.15, 0.2) is 12.4 Å². The number of hydrogen-bond acceptors (Lipinski definition) is 4. The number of piperazine rings is 1. The van der Waals surface area contributed by atoms with E-state index >= 15 is 0 Å². The Balaban J connectivity index is 2.12. The molecule has 4 nitrogen and oxygen atoms in total. The fourth-order valence-corrected chi connectivity index (χ4v) is 1.54. The zero-order valence-corrected chi connectivity index (χ0v) is 8.15. The van der Waals surface area contributed by atoms with Crippen LogP contribution in [-0.2, 0) is 0 Å². The lowest BCUT2D eigenvalue weighted by Gasteiger charge is -2.32. The van der Waals surface area contributed by atoms with Crippen LogP contribution >= 0.6 is 0 Å². The quantitative estimate of drug-likeness (QED) is 0.649. The maximum absolute atomic E-state index is 13.2. The molecule has 0 amide bonds. The van der Waals surface area contributed by atoms with Gasteiger partial charge in [-0.15, -0.1) is 0 Å². The summed E-state index contributed by atoms with van der Waals surface area (Å²) in [5.74, 6) is -0.0994. The molecule has 0 bridgehead atoms. The second-order valence-electron chi connectivity index (χ2n) is 3.46. The zero-order chi connectivity index (χ0) is 9.97. The summed E-state index contributed by atoms with van der Waals surface area (Å²) in [6.45, 7) is 3.50. The maximum atomic E-state index is 13.2. The molecule has 0 saturated carbocycles. The van der Waals surface area contributed by atoms with Crippen molar-refractivity contribution in [3.8, 4) is 0 Å². The number of nitrogens with zero attached hydrogens (tertiary/aromatic N) is 4. The molecule has 14 heavy (non-hydrogen) atoms. The van der Waals surface area contributed by atoms with Gasteiger partial charge in [0.2, 0.25) is 0 Å². The Hall–Kier alpha value is -1.23. The third-order valence-electron chi connectivity index (χ3n) is 2.44. The predicted molar refractivity (Wildman–Crippen MR) is 51.7 cm³/mol. The van der Waals surface area contributed by atoms with E-state index in [1.807, 2.05) is 4.90 Å². The molecule has 0 aliphatic carbocycles. The molecular formula is C9H13FN4. The first-order valence-electron chi connectivity index (χ1n) is 4.67. The number of hydrogen-bond donors (Lipinski definition) is 0. The van der Waals surface area contributed by atoms with E-state index in [4.69, 9.17) is 0 Å². The Morgan fingerprint density at radius 1 is 1.14 bits per heavy atom. The Bertz CT molecular complexity index is 309. The monoisotopic (exact) mass is 196 g/mol. The van der Waals surface area contributed by atoms with Crippen LogP contribution in [0.1, 0.15) is 0 Å². The summed E-state index contributed by atoms with van der Waals surface area (Å²) in [5, 5.41) is 0. The molecule has 1 aromatic heterocycles. The minimum atomic E-state index is -0.475. The number of halogens is 1. The van der Waals surface area contributed by atoms with E-state index < -0.39 is 5.95 Å². The van der Waals surface area contributed by atoms with Gasteiger partial charge in [0.25, 0.3) is 5.95 Å². The van der Waals surface area contributed by atoms with E-state index in [9.17, 15) is 4.39 Å².